The molecule has 1 N–H and O–H groups in total. The van der Waals surface area contributed by atoms with Crippen molar-refractivity contribution in [1.82, 2.24) is 9.88 Å². The Morgan fingerprint density at radius 3 is 3.11 bits per heavy atom. The second-order valence-electron chi connectivity index (χ2n) is 6.87. The molecule has 1 unspecified atom stereocenters. The SMILES string of the molecule is Cc1oc(-c2cccs2)nc1COC1=CCC(CN2CSC[C@H]2C(=O)O)C=C1. The number of aryl methyl sites for hydroxylation is 1. The number of aliphatic carboxylic acids is 1. The number of thiophene rings is 1. The lowest BCUT2D eigenvalue weighted by Crippen LogP contribution is -2.40. The van der Waals surface area contributed by atoms with E-state index in [0.717, 1.165) is 40.9 Å². The number of thioether (sulfide) groups is 1. The Balaban J connectivity index is 1.29. The molecule has 28 heavy (non-hydrogen) atoms. The number of rotatable bonds is 7. The van der Waals surface area contributed by atoms with Gasteiger partial charge in [0.15, 0.2) is 0 Å². The molecule has 0 radical (unpaired) electrons. The van der Waals surface area contributed by atoms with E-state index in [-0.39, 0.29) is 6.04 Å². The Bertz CT molecular complexity index is 888. The molecule has 1 aliphatic heterocycles. The average molecular weight is 419 g/mol. The van der Waals surface area contributed by atoms with Gasteiger partial charge in [0.25, 0.3) is 0 Å². The van der Waals surface area contributed by atoms with Crippen LogP contribution < -0.4 is 0 Å². The molecule has 8 heteroatoms. The predicted molar refractivity (Wildman–Crippen MR) is 110 cm³/mol. The third-order valence-corrected chi connectivity index (χ3v) is 6.81. The van der Waals surface area contributed by atoms with Crippen LogP contribution >= 0.6 is 23.1 Å². The van der Waals surface area contributed by atoms with Gasteiger partial charge in [0, 0.05) is 18.2 Å². The van der Waals surface area contributed by atoms with Gasteiger partial charge in [-0.1, -0.05) is 12.1 Å². The van der Waals surface area contributed by atoms with Crippen LogP contribution in [-0.2, 0) is 16.1 Å². The fraction of sp³-hybridized carbons (Fsp3) is 0.400. The lowest BCUT2D eigenvalue weighted by molar-refractivity contribution is -0.141. The molecule has 1 fully saturated rings. The molecule has 0 saturated carbocycles. The molecule has 0 spiro atoms. The second-order valence-corrected chi connectivity index (χ2v) is 8.82. The van der Waals surface area contributed by atoms with Crippen molar-refractivity contribution in [3.63, 3.8) is 0 Å². The Labute approximate surface area is 171 Å². The summed E-state index contributed by atoms with van der Waals surface area (Å²) in [5, 5.41) is 11.3. The maximum Gasteiger partial charge on any atom is 0.321 e. The number of carboxylic acids is 1. The van der Waals surface area contributed by atoms with Crippen molar-refractivity contribution < 1.29 is 19.1 Å². The predicted octanol–water partition coefficient (Wildman–Crippen LogP) is 4.15. The second kappa shape index (κ2) is 8.55. The summed E-state index contributed by atoms with van der Waals surface area (Å²) >= 11 is 3.28. The quantitative estimate of drug-likeness (QED) is 0.724. The smallest absolute Gasteiger partial charge is 0.321 e. The Morgan fingerprint density at radius 1 is 1.50 bits per heavy atom. The van der Waals surface area contributed by atoms with Gasteiger partial charge in [-0.2, -0.15) is 0 Å². The largest absolute Gasteiger partial charge is 0.488 e. The zero-order chi connectivity index (χ0) is 19.5. The minimum Gasteiger partial charge on any atom is -0.488 e. The standard InChI is InChI=1S/C20H22N2O4S2/c1-13-16(21-19(26-13)18-3-2-8-28-18)10-25-15-6-4-14(5-7-15)9-22-12-27-11-17(22)20(23)24/h2-4,6-8,14,17H,5,9-12H2,1H3,(H,23,24)/t14?,17-/m0/s1. The van der Waals surface area contributed by atoms with Crippen molar-refractivity contribution in [1.29, 1.82) is 0 Å². The zero-order valence-corrected chi connectivity index (χ0v) is 17.2. The Morgan fingerprint density at radius 2 is 2.39 bits per heavy atom. The first-order valence-electron chi connectivity index (χ1n) is 9.16. The van der Waals surface area contributed by atoms with E-state index in [9.17, 15) is 9.90 Å². The third kappa shape index (κ3) is 4.34. The van der Waals surface area contributed by atoms with Crippen molar-refractivity contribution in [3.8, 4) is 10.8 Å². The highest BCUT2D eigenvalue weighted by atomic mass is 32.2. The first kappa shape index (κ1) is 19.3. The number of allylic oxidation sites excluding steroid dienone is 2. The van der Waals surface area contributed by atoms with Crippen molar-refractivity contribution in [2.75, 3.05) is 18.2 Å². The Hall–Kier alpha value is -2.03. The van der Waals surface area contributed by atoms with E-state index in [1.807, 2.05) is 35.4 Å². The maximum absolute atomic E-state index is 11.3. The van der Waals surface area contributed by atoms with Crippen molar-refractivity contribution in [2.24, 2.45) is 5.92 Å². The molecule has 2 aliphatic rings. The van der Waals surface area contributed by atoms with Crippen molar-refractivity contribution >= 4 is 29.1 Å². The van der Waals surface area contributed by atoms with Gasteiger partial charge in [0.1, 0.15) is 29.9 Å². The molecule has 148 valence electrons. The summed E-state index contributed by atoms with van der Waals surface area (Å²) in [6.45, 7) is 3.03. The lowest BCUT2D eigenvalue weighted by Gasteiger charge is -2.25. The minimum absolute atomic E-state index is 0.312. The van der Waals surface area contributed by atoms with Crippen LogP contribution in [0, 0.1) is 12.8 Å². The molecule has 1 saturated heterocycles. The van der Waals surface area contributed by atoms with Gasteiger partial charge in [-0.05, 0) is 42.9 Å². The normalized spacial score (nSPS) is 22.4. The van der Waals surface area contributed by atoms with E-state index in [4.69, 9.17) is 9.15 Å². The first-order valence-corrected chi connectivity index (χ1v) is 11.2. The molecular formula is C20H22N2O4S2. The number of ether oxygens (including phenoxy) is 1. The van der Waals surface area contributed by atoms with Gasteiger partial charge < -0.3 is 14.3 Å². The topological polar surface area (TPSA) is 75.8 Å². The first-order chi connectivity index (χ1) is 13.6. The van der Waals surface area contributed by atoms with E-state index in [1.54, 1.807) is 23.1 Å². The fourth-order valence-corrected chi connectivity index (χ4v) is 5.14. The summed E-state index contributed by atoms with van der Waals surface area (Å²) in [5.74, 6) is 3.26. The minimum atomic E-state index is -0.728. The molecule has 1 aliphatic carbocycles. The van der Waals surface area contributed by atoms with Gasteiger partial charge >= 0.3 is 5.97 Å². The number of nitrogens with zero attached hydrogens (tertiary/aromatic N) is 2. The van der Waals surface area contributed by atoms with Crippen molar-refractivity contribution in [3.05, 3.63) is 53.0 Å². The number of carbonyl (C=O) groups is 1. The van der Waals surface area contributed by atoms with Gasteiger partial charge in [-0.25, -0.2) is 4.98 Å². The molecule has 0 bridgehead atoms. The van der Waals surface area contributed by atoms with Gasteiger partial charge in [0.05, 0.1) is 4.88 Å². The summed E-state index contributed by atoms with van der Waals surface area (Å²) in [6.07, 6.45) is 7.00. The number of aromatic nitrogens is 1. The maximum atomic E-state index is 11.3. The number of hydrogen-bond donors (Lipinski definition) is 1. The van der Waals surface area contributed by atoms with Gasteiger partial charge in [0.2, 0.25) is 5.89 Å². The van der Waals surface area contributed by atoms with E-state index >= 15 is 0 Å². The lowest BCUT2D eigenvalue weighted by atomic mass is 9.99. The summed E-state index contributed by atoms with van der Waals surface area (Å²) in [6, 6.07) is 3.59. The molecule has 0 aromatic carbocycles. The fourth-order valence-electron chi connectivity index (χ4n) is 3.29. The van der Waals surface area contributed by atoms with E-state index < -0.39 is 5.97 Å². The highest BCUT2D eigenvalue weighted by Gasteiger charge is 2.32. The van der Waals surface area contributed by atoms with Crippen LogP contribution in [0.15, 0.2) is 45.9 Å². The monoisotopic (exact) mass is 418 g/mol. The van der Waals surface area contributed by atoms with Crippen LogP contribution in [0.5, 0.6) is 0 Å². The van der Waals surface area contributed by atoms with E-state index in [0.29, 0.717) is 24.2 Å². The van der Waals surface area contributed by atoms with Crippen LogP contribution in [0.3, 0.4) is 0 Å². The summed E-state index contributed by atoms with van der Waals surface area (Å²) < 4.78 is 11.6. The molecular weight excluding hydrogens is 396 g/mol. The number of oxazole rings is 1. The average Bonchev–Trinajstić information content (AvgIpc) is 3.42. The van der Waals surface area contributed by atoms with E-state index in [2.05, 4.69) is 17.1 Å². The van der Waals surface area contributed by atoms with E-state index in [1.165, 1.54) is 0 Å². The highest BCUT2D eigenvalue weighted by molar-refractivity contribution is 7.99. The molecule has 6 nitrogen and oxygen atoms in total. The molecule has 2 atom stereocenters. The van der Waals surface area contributed by atoms with Crippen molar-refractivity contribution in [2.45, 2.75) is 26.0 Å². The van der Waals surface area contributed by atoms with Gasteiger partial charge in [-0.3, -0.25) is 9.69 Å². The Kier molecular flexibility index (Phi) is 5.89. The zero-order valence-electron chi connectivity index (χ0n) is 15.5. The molecule has 2 aromatic rings. The summed E-state index contributed by atoms with van der Waals surface area (Å²) in [7, 11) is 0. The third-order valence-electron chi connectivity index (χ3n) is 4.88. The van der Waals surface area contributed by atoms with Crippen LogP contribution in [0.2, 0.25) is 0 Å². The van der Waals surface area contributed by atoms with Crippen LogP contribution in [-0.4, -0.2) is 45.2 Å². The van der Waals surface area contributed by atoms with Crippen LogP contribution in [0.1, 0.15) is 17.9 Å². The number of carboxylic acid groups (broad SMARTS) is 1. The number of hydrogen-bond acceptors (Lipinski definition) is 7. The van der Waals surface area contributed by atoms with Gasteiger partial charge in [-0.15, -0.1) is 23.1 Å². The molecule has 4 rings (SSSR count). The highest BCUT2D eigenvalue weighted by Crippen LogP contribution is 2.28. The summed E-state index contributed by atoms with van der Waals surface area (Å²) in [4.78, 5) is 18.9. The summed E-state index contributed by atoms with van der Waals surface area (Å²) in [5.41, 5.74) is 0.804. The molecule has 3 heterocycles. The van der Waals surface area contributed by atoms with Crippen LogP contribution in [0.4, 0.5) is 0 Å². The molecule has 0 amide bonds. The van der Waals surface area contributed by atoms with Crippen LogP contribution in [0.25, 0.3) is 10.8 Å². The molecule has 2 aromatic heterocycles.